The SMILES string of the molecule is CCOc1cc([N+](=O)[O-])c(C(=O)NCCC(c2ccccc2)c2ccccc2)cc1OC. The van der Waals surface area contributed by atoms with E-state index in [-0.39, 0.29) is 28.7 Å². The zero-order valence-corrected chi connectivity index (χ0v) is 18.1. The molecule has 0 bridgehead atoms. The van der Waals surface area contributed by atoms with Crippen LogP contribution in [0.15, 0.2) is 72.8 Å². The zero-order chi connectivity index (χ0) is 22.9. The van der Waals surface area contributed by atoms with Gasteiger partial charge in [0.05, 0.1) is 24.7 Å². The molecule has 0 atom stereocenters. The third-order valence-corrected chi connectivity index (χ3v) is 5.15. The molecule has 0 aliphatic carbocycles. The smallest absolute Gasteiger partial charge is 0.286 e. The molecule has 166 valence electrons. The molecule has 0 spiro atoms. The number of rotatable bonds is 10. The summed E-state index contributed by atoms with van der Waals surface area (Å²) in [6, 6.07) is 22.7. The maximum Gasteiger partial charge on any atom is 0.286 e. The van der Waals surface area contributed by atoms with E-state index in [2.05, 4.69) is 29.6 Å². The molecule has 0 heterocycles. The van der Waals surface area contributed by atoms with Crippen molar-refractivity contribution in [2.75, 3.05) is 20.3 Å². The molecule has 0 radical (unpaired) electrons. The Hall–Kier alpha value is -3.87. The predicted molar refractivity (Wildman–Crippen MR) is 122 cm³/mol. The molecule has 0 aliphatic heterocycles. The molecule has 7 heteroatoms. The Balaban J connectivity index is 1.79. The Morgan fingerprint density at radius 3 is 2.09 bits per heavy atom. The average Bonchev–Trinajstić information content (AvgIpc) is 2.82. The van der Waals surface area contributed by atoms with E-state index in [1.807, 2.05) is 36.4 Å². The molecular formula is C25H26N2O5. The van der Waals surface area contributed by atoms with Crippen LogP contribution < -0.4 is 14.8 Å². The van der Waals surface area contributed by atoms with Gasteiger partial charge in [-0.2, -0.15) is 0 Å². The van der Waals surface area contributed by atoms with Gasteiger partial charge in [-0.15, -0.1) is 0 Å². The summed E-state index contributed by atoms with van der Waals surface area (Å²) in [7, 11) is 1.43. The monoisotopic (exact) mass is 434 g/mol. The molecule has 7 nitrogen and oxygen atoms in total. The lowest BCUT2D eigenvalue weighted by Gasteiger charge is -2.18. The van der Waals surface area contributed by atoms with Gasteiger partial charge in [0.15, 0.2) is 11.5 Å². The van der Waals surface area contributed by atoms with Crippen molar-refractivity contribution in [1.29, 1.82) is 0 Å². The second-order valence-corrected chi connectivity index (χ2v) is 7.13. The van der Waals surface area contributed by atoms with Crippen LogP contribution >= 0.6 is 0 Å². The number of nitrogens with one attached hydrogen (secondary N) is 1. The first-order chi connectivity index (χ1) is 15.5. The highest BCUT2D eigenvalue weighted by Gasteiger charge is 2.25. The van der Waals surface area contributed by atoms with Crippen molar-refractivity contribution in [3.63, 3.8) is 0 Å². The van der Waals surface area contributed by atoms with Crippen LogP contribution in [0.3, 0.4) is 0 Å². The summed E-state index contributed by atoms with van der Waals surface area (Å²) >= 11 is 0. The third kappa shape index (κ3) is 5.43. The number of carbonyl (C=O) groups is 1. The van der Waals surface area contributed by atoms with Gasteiger partial charge < -0.3 is 14.8 Å². The second kappa shape index (κ2) is 10.9. The maximum absolute atomic E-state index is 12.8. The van der Waals surface area contributed by atoms with Crippen molar-refractivity contribution in [3.05, 3.63) is 99.6 Å². The van der Waals surface area contributed by atoms with Crippen molar-refractivity contribution >= 4 is 11.6 Å². The molecule has 32 heavy (non-hydrogen) atoms. The van der Waals surface area contributed by atoms with E-state index in [9.17, 15) is 14.9 Å². The first-order valence-corrected chi connectivity index (χ1v) is 10.4. The van der Waals surface area contributed by atoms with Crippen molar-refractivity contribution < 1.29 is 19.2 Å². The van der Waals surface area contributed by atoms with Gasteiger partial charge in [0.1, 0.15) is 5.56 Å². The normalized spacial score (nSPS) is 10.6. The lowest BCUT2D eigenvalue weighted by molar-refractivity contribution is -0.385. The molecule has 0 saturated heterocycles. The number of methoxy groups -OCH3 is 1. The molecule has 0 aromatic heterocycles. The van der Waals surface area contributed by atoms with Crippen LogP contribution in [-0.2, 0) is 0 Å². The molecule has 0 unspecified atom stereocenters. The number of benzene rings is 3. The quantitative estimate of drug-likeness (QED) is 0.360. The second-order valence-electron chi connectivity index (χ2n) is 7.13. The summed E-state index contributed by atoms with van der Waals surface area (Å²) in [5, 5.41) is 14.4. The van der Waals surface area contributed by atoms with Crippen molar-refractivity contribution in [2.24, 2.45) is 0 Å². The first-order valence-electron chi connectivity index (χ1n) is 10.4. The Labute approximate surface area is 187 Å². The van der Waals surface area contributed by atoms with E-state index >= 15 is 0 Å². The Kier molecular flexibility index (Phi) is 7.80. The van der Waals surface area contributed by atoms with Crippen LogP contribution in [0.5, 0.6) is 11.5 Å². The van der Waals surface area contributed by atoms with Crippen molar-refractivity contribution in [3.8, 4) is 11.5 Å². The van der Waals surface area contributed by atoms with Crippen molar-refractivity contribution in [1.82, 2.24) is 5.32 Å². The summed E-state index contributed by atoms with van der Waals surface area (Å²) in [5.41, 5.74) is 1.89. The number of carbonyl (C=O) groups excluding carboxylic acids is 1. The molecule has 0 aliphatic rings. The van der Waals surface area contributed by atoms with E-state index < -0.39 is 10.8 Å². The Bertz CT molecular complexity index is 1020. The lowest BCUT2D eigenvalue weighted by atomic mass is 9.88. The Morgan fingerprint density at radius 2 is 1.59 bits per heavy atom. The predicted octanol–water partition coefficient (Wildman–Crippen LogP) is 4.95. The minimum Gasteiger partial charge on any atom is -0.493 e. The van der Waals surface area contributed by atoms with Gasteiger partial charge in [-0.1, -0.05) is 60.7 Å². The number of nitro groups is 1. The molecular weight excluding hydrogens is 408 g/mol. The van der Waals surface area contributed by atoms with E-state index in [1.165, 1.54) is 19.2 Å². The fourth-order valence-corrected chi connectivity index (χ4v) is 3.63. The van der Waals surface area contributed by atoms with Crippen LogP contribution in [0.25, 0.3) is 0 Å². The van der Waals surface area contributed by atoms with Crippen LogP contribution in [-0.4, -0.2) is 31.1 Å². The highest BCUT2D eigenvalue weighted by molar-refractivity contribution is 5.99. The number of hydrogen-bond donors (Lipinski definition) is 1. The first kappa shape index (κ1) is 22.8. The average molecular weight is 434 g/mol. The number of ether oxygens (including phenoxy) is 2. The van der Waals surface area contributed by atoms with Gasteiger partial charge >= 0.3 is 0 Å². The van der Waals surface area contributed by atoms with E-state index in [0.29, 0.717) is 19.6 Å². The summed E-state index contributed by atoms with van der Waals surface area (Å²) in [6.07, 6.45) is 0.641. The van der Waals surface area contributed by atoms with Crippen LogP contribution in [0.2, 0.25) is 0 Å². The molecule has 3 aromatic carbocycles. The zero-order valence-electron chi connectivity index (χ0n) is 18.1. The molecule has 0 saturated carbocycles. The van der Waals surface area contributed by atoms with Gasteiger partial charge in [0, 0.05) is 18.5 Å². The van der Waals surface area contributed by atoms with Gasteiger partial charge in [0.2, 0.25) is 0 Å². The number of nitrogens with zero attached hydrogens (tertiary/aromatic N) is 1. The number of nitro benzene ring substituents is 1. The summed E-state index contributed by atoms with van der Waals surface area (Å²) in [6.45, 7) is 2.43. The largest absolute Gasteiger partial charge is 0.493 e. The molecule has 0 fully saturated rings. The van der Waals surface area contributed by atoms with Gasteiger partial charge in [-0.05, 0) is 24.5 Å². The molecule has 1 N–H and O–H groups in total. The minimum atomic E-state index is -0.590. The van der Waals surface area contributed by atoms with Gasteiger partial charge in [0.25, 0.3) is 11.6 Å². The maximum atomic E-state index is 12.8. The van der Waals surface area contributed by atoms with E-state index in [0.717, 1.165) is 11.1 Å². The third-order valence-electron chi connectivity index (χ3n) is 5.15. The molecule has 1 amide bonds. The summed E-state index contributed by atoms with van der Waals surface area (Å²) < 4.78 is 10.7. The highest BCUT2D eigenvalue weighted by Crippen LogP contribution is 2.35. The molecule has 3 rings (SSSR count). The van der Waals surface area contributed by atoms with Crippen LogP contribution in [0.1, 0.15) is 40.7 Å². The highest BCUT2D eigenvalue weighted by atomic mass is 16.6. The van der Waals surface area contributed by atoms with Gasteiger partial charge in [-0.25, -0.2) is 0 Å². The van der Waals surface area contributed by atoms with Crippen LogP contribution in [0, 0.1) is 10.1 Å². The summed E-state index contributed by atoms with van der Waals surface area (Å²) in [5.74, 6) is 0.0565. The number of hydrogen-bond acceptors (Lipinski definition) is 5. The fourth-order valence-electron chi connectivity index (χ4n) is 3.63. The lowest BCUT2D eigenvalue weighted by Crippen LogP contribution is -2.26. The number of amides is 1. The minimum absolute atomic E-state index is 0.0636. The topological polar surface area (TPSA) is 90.7 Å². The standard InChI is InChI=1S/C25H26N2O5/c1-3-32-24-17-22(27(29)30)21(16-23(24)31-2)25(28)26-15-14-20(18-10-6-4-7-11-18)19-12-8-5-9-13-19/h4-13,16-17,20H,3,14-15H2,1-2H3,(H,26,28). The fraction of sp³-hybridized carbons (Fsp3) is 0.240. The van der Waals surface area contributed by atoms with E-state index in [4.69, 9.17) is 9.47 Å². The van der Waals surface area contributed by atoms with Gasteiger partial charge in [-0.3, -0.25) is 14.9 Å². The summed E-state index contributed by atoms with van der Waals surface area (Å²) in [4.78, 5) is 23.8. The Morgan fingerprint density at radius 1 is 1.00 bits per heavy atom. The van der Waals surface area contributed by atoms with Crippen LogP contribution in [0.4, 0.5) is 5.69 Å². The van der Waals surface area contributed by atoms with Crippen molar-refractivity contribution in [2.45, 2.75) is 19.3 Å². The molecule has 3 aromatic rings. The van der Waals surface area contributed by atoms with E-state index in [1.54, 1.807) is 6.92 Å².